The minimum Gasteiger partial charge on any atom is -0.356 e. The Morgan fingerprint density at radius 1 is 1.20 bits per heavy atom. The van der Waals surface area contributed by atoms with Gasteiger partial charge in [0, 0.05) is 49.1 Å². The first kappa shape index (κ1) is 20.3. The topological polar surface area (TPSA) is 95.2 Å². The van der Waals surface area contributed by atoms with Gasteiger partial charge < -0.3 is 15.2 Å². The summed E-state index contributed by atoms with van der Waals surface area (Å²) in [4.78, 5) is 47.3. The molecule has 2 aliphatic rings. The minimum absolute atomic E-state index is 0.0229. The Morgan fingerprint density at radius 3 is 2.73 bits per heavy atom. The van der Waals surface area contributed by atoms with Crippen molar-refractivity contribution in [2.45, 2.75) is 52.5 Å². The van der Waals surface area contributed by atoms with Gasteiger partial charge in [-0.05, 0) is 43.2 Å². The molecule has 1 aliphatic carbocycles. The molecule has 2 aromatic heterocycles. The number of amides is 1. The van der Waals surface area contributed by atoms with E-state index in [0.29, 0.717) is 24.1 Å². The molecular weight excluding hydrogens is 380 g/mol. The summed E-state index contributed by atoms with van der Waals surface area (Å²) < 4.78 is 0. The molecule has 158 valence electrons. The molecule has 0 saturated carbocycles. The zero-order valence-electron chi connectivity index (χ0n) is 17.6. The second-order valence-corrected chi connectivity index (χ2v) is 9.06. The minimum atomic E-state index is -0.481. The molecule has 0 radical (unpaired) electrons. The summed E-state index contributed by atoms with van der Waals surface area (Å²) in [6.07, 6.45) is 6.28. The van der Waals surface area contributed by atoms with Gasteiger partial charge in [-0.1, -0.05) is 19.9 Å². The van der Waals surface area contributed by atoms with Crippen LogP contribution in [-0.2, 0) is 13.0 Å². The quantitative estimate of drug-likeness (QED) is 0.811. The molecule has 30 heavy (non-hydrogen) atoms. The SMILES string of the molecule is CC1(C)CC(=O)c2cc(C(=O)NCc3cccnc3N3CCCCC3)c(=O)[nH]c2C1. The number of nitrogens with zero attached hydrogens (tertiary/aromatic N) is 2. The molecule has 3 heterocycles. The van der Waals surface area contributed by atoms with Crippen LogP contribution < -0.4 is 15.8 Å². The summed E-state index contributed by atoms with van der Waals surface area (Å²) in [6.45, 7) is 6.19. The largest absolute Gasteiger partial charge is 0.356 e. The molecule has 1 amide bonds. The maximum Gasteiger partial charge on any atom is 0.261 e. The van der Waals surface area contributed by atoms with Gasteiger partial charge in [-0.15, -0.1) is 0 Å². The molecule has 7 heteroatoms. The lowest BCUT2D eigenvalue weighted by atomic mass is 9.75. The monoisotopic (exact) mass is 408 g/mol. The van der Waals surface area contributed by atoms with Crippen LogP contribution in [0.1, 0.15) is 71.5 Å². The van der Waals surface area contributed by atoms with E-state index in [4.69, 9.17) is 0 Å². The Hall–Kier alpha value is -2.96. The van der Waals surface area contributed by atoms with E-state index in [2.05, 4.69) is 20.2 Å². The van der Waals surface area contributed by atoms with Gasteiger partial charge in [0.1, 0.15) is 11.4 Å². The van der Waals surface area contributed by atoms with Crippen LogP contribution in [0.25, 0.3) is 0 Å². The molecule has 0 unspecified atom stereocenters. The number of rotatable bonds is 4. The van der Waals surface area contributed by atoms with Gasteiger partial charge in [0.25, 0.3) is 11.5 Å². The number of piperidine rings is 1. The number of fused-ring (bicyclic) bond motifs is 1. The molecule has 2 aromatic rings. The van der Waals surface area contributed by atoms with Crippen LogP contribution in [-0.4, -0.2) is 34.7 Å². The summed E-state index contributed by atoms with van der Waals surface area (Å²) in [5.41, 5.74) is 1.32. The van der Waals surface area contributed by atoms with Crippen molar-refractivity contribution in [3.63, 3.8) is 0 Å². The normalized spacial score (nSPS) is 18.1. The second-order valence-electron chi connectivity index (χ2n) is 9.06. The third-order valence-corrected chi connectivity index (χ3v) is 5.92. The summed E-state index contributed by atoms with van der Waals surface area (Å²) in [7, 11) is 0. The number of Topliss-reactive ketones (excluding diaryl/α,β-unsaturated/α-hetero) is 1. The van der Waals surface area contributed by atoms with Crippen LogP contribution in [0, 0.1) is 5.41 Å². The zero-order valence-corrected chi connectivity index (χ0v) is 17.6. The number of hydrogen-bond acceptors (Lipinski definition) is 5. The number of carbonyl (C=O) groups is 2. The predicted molar refractivity (Wildman–Crippen MR) is 115 cm³/mol. The average molecular weight is 409 g/mol. The molecule has 0 atom stereocenters. The Bertz CT molecular complexity index is 1030. The highest BCUT2D eigenvalue weighted by Crippen LogP contribution is 2.33. The van der Waals surface area contributed by atoms with Gasteiger partial charge in [0.2, 0.25) is 0 Å². The number of nitrogens with one attached hydrogen (secondary N) is 2. The van der Waals surface area contributed by atoms with E-state index in [9.17, 15) is 14.4 Å². The average Bonchev–Trinajstić information content (AvgIpc) is 2.71. The van der Waals surface area contributed by atoms with E-state index in [-0.39, 0.29) is 23.3 Å². The van der Waals surface area contributed by atoms with Crippen molar-refractivity contribution in [1.29, 1.82) is 0 Å². The van der Waals surface area contributed by atoms with Gasteiger partial charge in [-0.2, -0.15) is 0 Å². The summed E-state index contributed by atoms with van der Waals surface area (Å²) in [6, 6.07) is 5.25. The first-order valence-electron chi connectivity index (χ1n) is 10.6. The highest BCUT2D eigenvalue weighted by Gasteiger charge is 2.32. The molecule has 0 aromatic carbocycles. The maximum absolute atomic E-state index is 12.8. The Labute approximate surface area is 175 Å². The number of anilines is 1. The lowest BCUT2D eigenvalue weighted by Crippen LogP contribution is -2.35. The first-order chi connectivity index (χ1) is 14.3. The van der Waals surface area contributed by atoms with Gasteiger partial charge in [0.15, 0.2) is 5.78 Å². The Morgan fingerprint density at radius 2 is 1.97 bits per heavy atom. The molecule has 0 bridgehead atoms. The summed E-state index contributed by atoms with van der Waals surface area (Å²) >= 11 is 0. The molecule has 1 saturated heterocycles. The van der Waals surface area contributed by atoms with Crippen molar-refractivity contribution >= 4 is 17.5 Å². The summed E-state index contributed by atoms with van der Waals surface area (Å²) in [5, 5.41) is 2.84. The smallest absolute Gasteiger partial charge is 0.261 e. The number of carbonyl (C=O) groups excluding carboxylic acids is 2. The van der Waals surface area contributed by atoms with E-state index < -0.39 is 11.5 Å². The molecule has 1 fully saturated rings. The molecule has 0 spiro atoms. The standard InChI is InChI=1S/C23H28N4O3/c1-23(2)12-18-16(19(28)13-23)11-17(22(30)26-18)21(29)25-14-15-7-6-8-24-20(15)27-9-4-3-5-10-27/h6-8,11H,3-5,9-10,12-14H2,1-2H3,(H,25,29)(H,26,30). The van der Waals surface area contributed by atoms with Crippen LogP contribution in [0.2, 0.25) is 0 Å². The van der Waals surface area contributed by atoms with Crippen molar-refractivity contribution in [1.82, 2.24) is 15.3 Å². The van der Waals surface area contributed by atoms with Crippen LogP contribution in [0.5, 0.6) is 0 Å². The van der Waals surface area contributed by atoms with Crippen molar-refractivity contribution in [3.05, 3.63) is 57.1 Å². The van der Waals surface area contributed by atoms with E-state index >= 15 is 0 Å². The lowest BCUT2D eigenvalue weighted by Gasteiger charge is -2.30. The van der Waals surface area contributed by atoms with Crippen LogP contribution in [0.3, 0.4) is 0 Å². The number of hydrogen-bond donors (Lipinski definition) is 2. The highest BCUT2D eigenvalue weighted by atomic mass is 16.2. The fourth-order valence-electron chi connectivity index (χ4n) is 4.43. The van der Waals surface area contributed by atoms with Gasteiger partial charge >= 0.3 is 0 Å². The molecule has 4 rings (SSSR count). The zero-order chi connectivity index (χ0) is 21.3. The number of aromatic nitrogens is 2. The second kappa shape index (κ2) is 8.05. The lowest BCUT2D eigenvalue weighted by molar-refractivity contribution is 0.0910. The Kier molecular flexibility index (Phi) is 5.45. The third kappa shape index (κ3) is 4.15. The Balaban J connectivity index is 1.53. The van der Waals surface area contributed by atoms with Gasteiger partial charge in [-0.3, -0.25) is 14.4 Å². The maximum atomic E-state index is 12.8. The molecule has 1 aliphatic heterocycles. The van der Waals surface area contributed by atoms with E-state index in [0.717, 1.165) is 37.3 Å². The molecular formula is C23H28N4O3. The highest BCUT2D eigenvalue weighted by molar-refractivity contribution is 6.02. The van der Waals surface area contributed by atoms with Gasteiger partial charge in [-0.25, -0.2) is 4.98 Å². The van der Waals surface area contributed by atoms with Crippen molar-refractivity contribution in [3.8, 4) is 0 Å². The van der Waals surface area contributed by atoms with Crippen LogP contribution >= 0.6 is 0 Å². The van der Waals surface area contributed by atoms with Crippen molar-refractivity contribution in [2.75, 3.05) is 18.0 Å². The fourth-order valence-corrected chi connectivity index (χ4v) is 4.43. The van der Waals surface area contributed by atoms with Crippen molar-refractivity contribution < 1.29 is 9.59 Å². The fraction of sp³-hybridized carbons (Fsp3) is 0.478. The van der Waals surface area contributed by atoms with Gasteiger partial charge in [0.05, 0.1) is 0 Å². The van der Waals surface area contributed by atoms with Crippen LogP contribution in [0.4, 0.5) is 5.82 Å². The summed E-state index contributed by atoms with van der Waals surface area (Å²) in [5.74, 6) is 0.366. The third-order valence-electron chi connectivity index (χ3n) is 5.92. The van der Waals surface area contributed by atoms with E-state index in [1.165, 1.54) is 12.5 Å². The number of ketones is 1. The predicted octanol–water partition coefficient (Wildman–Crippen LogP) is 2.85. The first-order valence-corrected chi connectivity index (χ1v) is 10.6. The van der Waals surface area contributed by atoms with Crippen LogP contribution in [0.15, 0.2) is 29.2 Å². The molecule has 7 nitrogen and oxygen atoms in total. The van der Waals surface area contributed by atoms with E-state index in [1.807, 2.05) is 26.0 Å². The number of pyridine rings is 2. The van der Waals surface area contributed by atoms with E-state index in [1.54, 1.807) is 6.20 Å². The molecule has 2 N–H and O–H groups in total. The number of H-pyrrole nitrogens is 1. The number of aromatic amines is 1. The van der Waals surface area contributed by atoms with Crippen molar-refractivity contribution in [2.24, 2.45) is 5.41 Å².